The third-order valence-electron chi connectivity index (χ3n) is 18.0. The quantitative estimate of drug-likeness (QED) is 0.166. The molecule has 0 aliphatic rings. The molecule has 11 aromatic carbocycles. The van der Waals surface area contributed by atoms with Crippen LogP contribution in [0.25, 0.3) is 120 Å². The van der Waals surface area contributed by atoms with Crippen LogP contribution in [0.4, 0.5) is 34.1 Å². The van der Waals surface area contributed by atoms with Gasteiger partial charge in [-0.15, -0.1) is 0 Å². The fraction of sp³-hybridized carbons (Fsp3) is 0.132. The lowest BCUT2D eigenvalue weighted by Crippen LogP contribution is -2.12. The zero-order chi connectivity index (χ0) is 55.2. The summed E-state index contributed by atoms with van der Waals surface area (Å²) in [6.07, 6.45) is 0. The van der Waals surface area contributed by atoms with Gasteiger partial charge in [-0.05, 0) is 96.5 Å². The smallest absolute Gasteiger partial charge is 0.159 e. The topological polar surface area (TPSA) is 41.6 Å². The molecule has 17 rings (SSSR count). The van der Waals surface area contributed by atoms with E-state index in [2.05, 4.69) is 280 Å². The highest BCUT2D eigenvalue weighted by Crippen LogP contribution is 2.53. The molecule has 6 heteroatoms. The molecule has 0 saturated carbocycles. The lowest BCUT2D eigenvalue weighted by molar-refractivity contribution is 0.572. The van der Waals surface area contributed by atoms with Gasteiger partial charge in [-0.1, -0.05) is 187 Å². The summed E-state index contributed by atoms with van der Waals surface area (Å²) in [6, 6.07) is 76.3. The predicted octanol–water partition coefficient (Wildman–Crippen LogP) is 21.9. The Morgan fingerprint density at radius 3 is 1.10 bits per heavy atom. The fourth-order valence-electron chi connectivity index (χ4n) is 14.4. The SMILES string of the molecule is Cc1ccc2c(oc3c(C(C)(C)C)cccc32)c1N(c1ccccc1)c1cccc2c1c1cccc3c4cc5c(cc4n2c31)c1cccc2c3c(N(c4ccccc4)c4c(C)ccc6c4oc4c(C(C)(C)C)cccc46)cccc3n5c12. The monoisotopic (exact) mass is 1060 g/mol. The number of para-hydroxylation sites is 6. The molecule has 0 amide bonds. The summed E-state index contributed by atoms with van der Waals surface area (Å²) in [7, 11) is 0. The van der Waals surface area contributed by atoms with Crippen molar-refractivity contribution in [1.29, 1.82) is 0 Å². The van der Waals surface area contributed by atoms with E-state index in [9.17, 15) is 0 Å². The van der Waals surface area contributed by atoms with Crippen molar-refractivity contribution in [1.82, 2.24) is 8.80 Å². The Bertz CT molecular complexity index is 5160. The highest BCUT2D eigenvalue weighted by molar-refractivity contribution is 6.31. The minimum atomic E-state index is -0.0979. The second-order valence-electron chi connectivity index (χ2n) is 24.9. The van der Waals surface area contributed by atoms with Crippen molar-refractivity contribution >= 4 is 154 Å². The van der Waals surface area contributed by atoms with Gasteiger partial charge in [0.25, 0.3) is 0 Å². The summed E-state index contributed by atoms with van der Waals surface area (Å²) < 4.78 is 19.5. The Hall–Kier alpha value is -9.78. The number of hydrogen-bond donors (Lipinski definition) is 0. The fourth-order valence-corrected chi connectivity index (χ4v) is 14.4. The molecule has 17 aromatic rings. The summed E-state index contributed by atoms with van der Waals surface area (Å²) >= 11 is 0. The lowest BCUT2D eigenvalue weighted by atomic mass is 9.86. The number of aromatic nitrogens is 2. The average molecular weight is 1060 g/mol. The van der Waals surface area contributed by atoms with Crippen molar-refractivity contribution < 1.29 is 8.83 Å². The van der Waals surface area contributed by atoms with Gasteiger partial charge in [0.15, 0.2) is 11.2 Å². The van der Waals surface area contributed by atoms with Crippen LogP contribution in [0.2, 0.25) is 0 Å². The molecular weight excluding hydrogens is 1000 g/mol. The normalized spacial score (nSPS) is 12.9. The maximum absolute atomic E-state index is 7.19. The van der Waals surface area contributed by atoms with Crippen LogP contribution in [0.1, 0.15) is 63.8 Å². The van der Waals surface area contributed by atoms with Crippen LogP contribution in [0.15, 0.2) is 215 Å². The van der Waals surface area contributed by atoms with Gasteiger partial charge < -0.3 is 27.4 Å². The summed E-state index contributed by atoms with van der Waals surface area (Å²) in [6.45, 7) is 18.0. The van der Waals surface area contributed by atoms with Crippen molar-refractivity contribution in [2.45, 2.75) is 66.2 Å². The van der Waals surface area contributed by atoms with Crippen molar-refractivity contribution in [2.75, 3.05) is 9.80 Å². The van der Waals surface area contributed by atoms with Crippen molar-refractivity contribution in [3.05, 3.63) is 229 Å². The number of fused-ring (bicyclic) bond motifs is 18. The Morgan fingerprint density at radius 1 is 0.317 bits per heavy atom. The van der Waals surface area contributed by atoms with E-state index in [1.807, 2.05) is 0 Å². The molecule has 0 fully saturated rings. The van der Waals surface area contributed by atoms with Gasteiger partial charge in [0, 0.05) is 87.1 Å². The summed E-state index contributed by atoms with van der Waals surface area (Å²) in [5.41, 5.74) is 21.8. The molecule has 0 spiro atoms. The standard InChI is InChI=1S/C76H58N4O2/c1-43-37-39-51-49-27-17-31-57(75(3,4)5)71(49)81-73(51)67(43)77(45-21-11-9-12-22-45)59-33-19-35-61-65(59)53-29-15-25-47-55-42-64-56(41-63(55)79(61)69(47)53)48-26-16-30-54-66-60(34-20-36-62(66)80(64)70(48)54)78(46-23-13-10-14-24-46)68-44(2)38-40-52-50-28-18-32-58(76(6,7)8)72(50)82-74(52)68/h9-42H,1-8H3. The first-order valence-corrected chi connectivity index (χ1v) is 28.8. The first-order chi connectivity index (χ1) is 39.8. The molecule has 0 bridgehead atoms. The third kappa shape index (κ3) is 6.24. The van der Waals surface area contributed by atoms with E-state index in [0.717, 1.165) is 89.1 Å². The van der Waals surface area contributed by atoms with Gasteiger partial charge >= 0.3 is 0 Å². The van der Waals surface area contributed by atoms with E-state index >= 15 is 0 Å². The lowest BCUT2D eigenvalue weighted by Gasteiger charge is -2.28. The zero-order valence-electron chi connectivity index (χ0n) is 47.2. The van der Waals surface area contributed by atoms with Gasteiger partial charge in [0.1, 0.15) is 11.2 Å². The number of benzene rings is 11. The van der Waals surface area contributed by atoms with Gasteiger partial charge in [0.05, 0.1) is 55.8 Å². The molecule has 0 N–H and O–H groups in total. The van der Waals surface area contributed by atoms with Crippen molar-refractivity contribution in [3.8, 4) is 0 Å². The maximum Gasteiger partial charge on any atom is 0.159 e. The molecular formula is C76H58N4O2. The Labute approximate surface area is 473 Å². The second kappa shape index (κ2) is 16.4. The molecule has 6 heterocycles. The van der Waals surface area contributed by atoms with Gasteiger partial charge in [-0.25, -0.2) is 0 Å². The number of rotatable bonds is 6. The van der Waals surface area contributed by atoms with Crippen LogP contribution in [0.5, 0.6) is 0 Å². The van der Waals surface area contributed by atoms with Crippen molar-refractivity contribution in [2.24, 2.45) is 0 Å². The van der Waals surface area contributed by atoms with Crippen LogP contribution in [-0.4, -0.2) is 8.80 Å². The van der Waals surface area contributed by atoms with E-state index < -0.39 is 0 Å². The molecule has 0 aliphatic carbocycles. The summed E-state index contributed by atoms with van der Waals surface area (Å²) in [5.74, 6) is 0. The van der Waals surface area contributed by atoms with E-state index in [1.165, 1.54) is 87.3 Å². The van der Waals surface area contributed by atoms with E-state index in [0.29, 0.717) is 0 Å². The maximum atomic E-state index is 7.19. The first kappa shape index (κ1) is 47.1. The molecule has 0 unspecified atom stereocenters. The van der Waals surface area contributed by atoms with Crippen LogP contribution >= 0.6 is 0 Å². The van der Waals surface area contributed by atoms with E-state index in [-0.39, 0.29) is 10.8 Å². The van der Waals surface area contributed by atoms with Gasteiger partial charge in [-0.2, -0.15) is 0 Å². The van der Waals surface area contributed by atoms with Gasteiger partial charge in [0.2, 0.25) is 0 Å². The van der Waals surface area contributed by atoms with Gasteiger partial charge in [-0.3, -0.25) is 0 Å². The van der Waals surface area contributed by atoms with E-state index in [4.69, 9.17) is 8.83 Å². The molecule has 6 nitrogen and oxygen atoms in total. The molecule has 0 aliphatic heterocycles. The summed E-state index contributed by atoms with van der Waals surface area (Å²) in [5, 5.41) is 14.3. The minimum absolute atomic E-state index is 0.0979. The van der Waals surface area contributed by atoms with Crippen LogP contribution < -0.4 is 9.80 Å². The third-order valence-corrected chi connectivity index (χ3v) is 18.0. The van der Waals surface area contributed by atoms with Crippen LogP contribution in [0.3, 0.4) is 0 Å². The first-order valence-electron chi connectivity index (χ1n) is 28.8. The summed E-state index contributed by atoms with van der Waals surface area (Å²) in [4.78, 5) is 4.91. The number of aryl methyl sites for hydroxylation is 2. The Kier molecular flexibility index (Phi) is 9.43. The number of furan rings is 2. The minimum Gasteiger partial charge on any atom is -0.454 e. The molecule has 0 atom stereocenters. The molecule has 0 radical (unpaired) electrons. The highest BCUT2D eigenvalue weighted by atomic mass is 16.3. The van der Waals surface area contributed by atoms with E-state index in [1.54, 1.807) is 0 Å². The largest absolute Gasteiger partial charge is 0.454 e. The highest BCUT2D eigenvalue weighted by Gasteiger charge is 2.31. The molecule has 82 heavy (non-hydrogen) atoms. The molecule has 394 valence electrons. The Morgan fingerprint density at radius 2 is 0.683 bits per heavy atom. The van der Waals surface area contributed by atoms with Crippen LogP contribution in [0, 0.1) is 13.8 Å². The van der Waals surface area contributed by atoms with Crippen LogP contribution in [-0.2, 0) is 10.8 Å². The predicted molar refractivity (Wildman–Crippen MR) is 347 cm³/mol. The average Bonchev–Trinajstić information content (AvgIpc) is 1.86. The second-order valence-corrected chi connectivity index (χ2v) is 24.9. The number of anilines is 6. The number of nitrogens with zero attached hydrogens (tertiary/aromatic N) is 4. The van der Waals surface area contributed by atoms with Crippen molar-refractivity contribution in [3.63, 3.8) is 0 Å². The number of hydrogen-bond acceptors (Lipinski definition) is 4. The molecule has 6 aromatic heterocycles. The molecule has 0 saturated heterocycles. The Balaban J connectivity index is 0.909. The zero-order valence-corrected chi connectivity index (χ0v) is 47.2.